The van der Waals surface area contributed by atoms with Gasteiger partial charge in [-0.1, -0.05) is 0 Å². The van der Waals surface area contributed by atoms with Crippen molar-refractivity contribution < 1.29 is 9.84 Å². The topological polar surface area (TPSA) is 58.7 Å². The Balaban J connectivity index is 2.82. The van der Waals surface area contributed by atoms with Crippen LogP contribution in [0, 0.1) is 3.57 Å². The first-order valence-electron chi connectivity index (χ1n) is 5.08. The van der Waals surface area contributed by atoms with E-state index < -0.39 is 0 Å². The lowest BCUT2D eigenvalue weighted by Gasteiger charge is -2.24. The number of nitrogens with two attached hydrogens (primary N) is 1. The molecule has 1 aromatic carbocycles. The smallest absolute Gasteiger partial charge is 0.0637 e. The molecule has 0 spiro atoms. The standard InChI is InChI=1S/C11H17IN2O2/c1-16-7-5-14(4-6-15)11-3-2-9(13)8-10(11)12/h2-3,8,15H,4-7,13H2,1H3. The van der Waals surface area contributed by atoms with Crippen LogP contribution in [0.25, 0.3) is 0 Å². The fraction of sp³-hybridized carbons (Fsp3) is 0.455. The molecule has 5 heteroatoms. The molecule has 0 amide bonds. The monoisotopic (exact) mass is 336 g/mol. The summed E-state index contributed by atoms with van der Waals surface area (Å²) in [4.78, 5) is 2.09. The van der Waals surface area contributed by atoms with Gasteiger partial charge in [0.2, 0.25) is 0 Å². The van der Waals surface area contributed by atoms with E-state index in [-0.39, 0.29) is 6.61 Å². The third-order valence-corrected chi connectivity index (χ3v) is 3.11. The van der Waals surface area contributed by atoms with Gasteiger partial charge in [0.15, 0.2) is 0 Å². The Morgan fingerprint density at radius 1 is 1.44 bits per heavy atom. The van der Waals surface area contributed by atoms with Gasteiger partial charge in [0.25, 0.3) is 0 Å². The van der Waals surface area contributed by atoms with Crippen molar-refractivity contribution in [3.8, 4) is 0 Å². The van der Waals surface area contributed by atoms with Crippen LogP contribution in [0.15, 0.2) is 18.2 Å². The molecule has 3 N–H and O–H groups in total. The minimum absolute atomic E-state index is 0.129. The van der Waals surface area contributed by atoms with Gasteiger partial charge in [0.05, 0.1) is 18.9 Å². The van der Waals surface area contributed by atoms with Crippen LogP contribution in [0.1, 0.15) is 0 Å². The van der Waals surface area contributed by atoms with E-state index in [4.69, 9.17) is 15.6 Å². The van der Waals surface area contributed by atoms with Crippen LogP contribution in [0.2, 0.25) is 0 Å². The maximum Gasteiger partial charge on any atom is 0.0637 e. The number of nitrogens with zero attached hydrogens (tertiary/aromatic N) is 1. The lowest BCUT2D eigenvalue weighted by atomic mass is 10.2. The molecule has 0 fully saturated rings. The van der Waals surface area contributed by atoms with Crippen LogP contribution in [0.4, 0.5) is 11.4 Å². The summed E-state index contributed by atoms with van der Waals surface area (Å²) >= 11 is 2.25. The zero-order chi connectivity index (χ0) is 12.0. The number of methoxy groups -OCH3 is 1. The van der Waals surface area contributed by atoms with E-state index in [1.165, 1.54) is 0 Å². The van der Waals surface area contributed by atoms with E-state index in [1.807, 2.05) is 18.2 Å². The van der Waals surface area contributed by atoms with Crippen molar-refractivity contribution in [3.05, 3.63) is 21.8 Å². The SMILES string of the molecule is COCCN(CCO)c1ccc(N)cc1I. The highest BCUT2D eigenvalue weighted by molar-refractivity contribution is 14.1. The number of anilines is 2. The third kappa shape index (κ3) is 3.80. The fourth-order valence-electron chi connectivity index (χ4n) is 1.45. The minimum atomic E-state index is 0.129. The summed E-state index contributed by atoms with van der Waals surface area (Å²) < 4.78 is 6.14. The molecular formula is C11H17IN2O2. The molecule has 90 valence electrons. The summed E-state index contributed by atoms with van der Waals surface area (Å²) in [6.45, 7) is 2.13. The highest BCUT2D eigenvalue weighted by Gasteiger charge is 2.09. The molecule has 0 saturated heterocycles. The molecule has 16 heavy (non-hydrogen) atoms. The second-order valence-electron chi connectivity index (χ2n) is 3.41. The first kappa shape index (κ1) is 13.5. The van der Waals surface area contributed by atoms with Crippen LogP contribution >= 0.6 is 22.6 Å². The van der Waals surface area contributed by atoms with Crippen molar-refractivity contribution in [1.29, 1.82) is 0 Å². The number of nitrogen functional groups attached to an aromatic ring is 1. The van der Waals surface area contributed by atoms with E-state index >= 15 is 0 Å². The molecule has 1 rings (SSSR count). The zero-order valence-electron chi connectivity index (χ0n) is 9.32. The highest BCUT2D eigenvalue weighted by atomic mass is 127. The molecule has 4 nitrogen and oxygen atoms in total. The minimum Gasteiger partial charge on any atom is -0.399 e. The molecule has 0 aliphatic carbocycles. The van der Waals surface area contributed by atoms with Crippen LogP contribution in [-0.4, -0.2) is 38.5 Å². The van der Waals surface area contributed by atoms with Gasteiger partial charge in [-0.3, -0.25) is 0 Å². The molecule has 0 heterocycles. The maximum absolute atomic E-state index is 9.03. The van der Waals surface area contributed by atoms with Crippen molar-refractivity contribution in [2.24, 2.45) is 0 Å². The Kier molecular flexibility index (Phi) is 5.86. The van der Waals surface area contributed by atoms with Gasteiger partial charge in [0, 0.05) is 29.5 Å². The van der Waals surface area contributed by atoms with Crippen molar-refractivity contribution in [3.63, 3.8) is 0 Å². The quantitative estimate of drug-likeness (QED) is 0.608. The largest absolute Gasteiger partial charge is 0.399 e. The molecule has 0 bridgehead atoms. The molecule has 0 aromatic heterocycles. The third-order valence-electron chi connectivity index (χ3n) is 2.25. The van der Waals surface area contributed by atoms with Gasteiger partial charge in [-0.2, -0.15) is 0 Å². The second kappa shape index (κ2) is 6.93. The van der Waals surface area contributed by atoms with E-state index in [0.717, 1.165) is 21.5 Å². The average Bonchev–Trinajstić information content (AvgIpc) is 2.25. The van der Waals surface area contributed by atoms with Crippen LogP contribution in [0.5, 0.6) is 0 Å². The van der Waals surface area contributed by atoms with E-state index in [2.05, 4.69) is 27.5 Å². The molecule has 0 saturated carbocycles. The van der Waals surface area contributed by atoms with E-state index in [9.17, 15) is 0 Å². The predicted octanol–water partition coefficient (Wildman–Crippen LogP) is 1.32. The Bertz CT molecular complexity index is 334. The van der Waals surface area contributed by atoms with Crippen LogP contribution in [-0.2, 0) is 4.74 Å². The first-order chi connectivity index (χ1) is 7.69. The van der Waals surface area contributed by atoms with Crippen molar-refractivity contribution in [1.82, 2.24) is 0 Å². The van der Waals surface area contributed by atoms with E-state index in [0.29, 0.717) is 13.2 Å². The second-order valence-corrected chi connectivity index (χ2v) is 4.58. The zero-order valence-corrected chi connectivity index (χ0v) is 11.5. The number of aliphatic hydroxyl groups is 1. The summed E-state index contributed by atoms with van der Waals surface area (Å²) in [5.41, 5.74) is 7.54. The fourth-order valence-corrected chi connectivity index (χ4v) is 2.34. The van der Waals surface area contributed by atoms with Crippen molar-refractivity contribution >= 4 is 34.0 Å². The number of hydrogen-bond acceptors (Lipinski definition) is 4. The summed E-state index contributed by atoms with van der Waals surface area (Å²) in [6, 6.07) is 5.77. The molecular weight excluding hydrogens is 319 g/mol. The van der Waals surface area contributed by atoms with Gasteiger partial charge in [-0.15, -0.1) is 0 Å². The summed E-state index contributed by atoms with van der Waals surface area (Å²) in [5.74, 6) is 0. The number of halogens is 1. The number of rotatable bonds is 6. The number of benzene rings is 1. The molecule has 0 radical (unpaired) electrons. The van der Waals surface area contributed by atoms with Gasteiger partial charge in [-0.25, -0.2) is 0 Å². The maximum atomic E-state index is 9.03. The predicted molar refractivity (Wildman–Crippen MR) is 74.7 cm³/mol. The number of hydrogen-bond donors (Lipinski definition) is 2. The normalized spacial score (nSPS) is 10.4. The summed E-state index contributed by atoms with van der Waals surface area (Å²) in [5, 5.41) is 9.03. The molecule has 0 aliphatic rings. The molecule has 0 aliphatic heterocycles. The molecule has 0 unspecified atom stereocenters. The van der Waals surface area contributed by atoms with Crippen LogP contribution in [0.3, 0.4) is 0 Å². The Morgan fingerprint density at radius 2 is 2.19 bits per heavy atom. The lowest BCUT2D eigenvalue weighted by Crippen LogP contribution is -2.30. The molecule has 1 aromatic rings. The van der Waals surface area contributed by atoms with Crippen molar-refractivity contribution in [2.45, 2.75) is 0 Å². The Morgan fingerprint density at radius 3 is 2.75 bits per heavy atom. The average molecular weight is 336 g/mol. The van der Waals surface area contributed by atoms with Gasteiger partial charge in [0.1, 0.15) is 0 Å². The van der Waals surface area contributed by atoms with Gasteiger partial charge < -0.3 is 20.5 Å². The Hall–Kier alpha value is -0.530. The van der Waals surface area contributed by atoms with Crippen LogP contribution < -0.4 is 10.6 Å². The summed E-state index contributed by atoms with van der Waals surface area (Å²) in [7, 11) is 1.67. The molecule has 0 atom stereocenters. The van der Waals surface area contributed by atoms with Crippen molar-refractivity contribution in [2.75, 3.05) is 44.0 Å². The van der Waals surface area contributed by atoms with Gasteiger partial charge >= 0.3 is 0 Å². The first-order valence-corrected chi connectivity index (χ1v) is 6.16. The summed E-state index contributed by atoms with van der Waals surface area (Å²) in [6.07, 6.45) is 0. The number of ether oxygens (including phenoxy) is 1. The lowest BCUT2D eigenvalue weighted by molar-refractivity contribution is 0.203. The Labute approximate surface area is 110 Å². The number of aliphatic hydroxyl groups excluding tert-OH is 1. The van der Waals surface area contributed by atoms with E-state index in [1.54, 1.807) is 7.11 Å². The van der Waals surface area contributed by atoms with Gasteiger partial charge in [-0.05, 0) is 40.8 Å². The highest BCUT2D eigenvalue weighted by Crippen LogP contribution is 2.24.